The Morgan fingerprint density at radius 3 is 2.69 bits per heavy atom. The Labute approximate surface area is 91.5 Å². The topological polar surface area (TPSA) is 15.3 Å². The van der Waals surface area contributed by atoms with Gasteiger partial charge in [0, 0.05) is 25.2 Å². The number of nitrogens with one attached hydrogen (secondary N) is 1. The molecule has 0 aromatic rings. The van der Waals surface area contributed by atoms with E-state index in [0.29, 0.717) is 12.1 Å². The molecule has 1 aliphatic heterocycles. The fourth-order valence-corrected chi connectivity index (χ4v) is 2.20. The van der Waals surface area contributed by atoms with Crippen LogP contribution in [0.4, 0.5) is 0 Å². The molecular weight excluding hydrogens is 200 g/mol. The van der Waals surface area contributed by atoms with Gasteiger partial charge in [0.2, 0.25) is 0 Å². The second-order valence-corrected chi connectivity index (χ2v) is 4.62. The van der Waals surface area contributed by atoms with Gasteiger partial charge in [0.25, 0.3) is 0 Å². The van der Waals surface area contributed by atoms with E-state index >= 15 is 0 Å². The fourth-order valence-electron chi connectivity index (χ4n) is 1.74. The molecule has 13 heavy (non-hydrogen) atoms. The first-order valence-corrected chi connectivity index (χ1v) is 5.77. The molecule has 1 rings (SSSR count). The summed E-state index contributed by atoms with van der Waals surface area (Å²) in [4.78, 5) is 2.24. The van der Waals surface area contributed by atoms with Gasteiger partial charge in [-0.15, -0.1) is 12.6 Å². The number of thiocarbonyl (C=S) groups is 1. The van der Waals surface area contributed by atoms with E-state index in [2.05, 4.69) is 36.7 Å². The molecule has 1 aliphatic rings. The average molecular weight is 218 g/mol. The highest BCUT2D eigenvalue weighted by atomic mass is 32.1. The van der Waals surface area contributed by atoms with Gasteiger partial charge in [-0.05, 0) is 12.8 Å². The zero-order chi connectivity index (χ0) is 9.84. The molecule has 2 nitrogen and oxygen atoms in total. The van der Waals surface area contributed by atoms with Crippen LogP contribution in [0.5, 0.6) is 0 Å². The molecule has 0 radical (unpaired) electrons. The third kappa shape index (κ3) is 2.82. The van der Waals surface area contributed by atoms with E-state index in [4.69, 9.17) is 12.2 Å². The largest absolute Gasteiger partial charge is 0.352 e. The van der Waals surface area contributed by atoms with Crippen molar-refractivity contribution in [3.8, 4) is 0 Å². The molecule has 2 atom stereocenters. The summed E-state index contributed by atoms with van der Waals surface area (Å²) < 4.78 is 0.742. The van der Waals surface area contributed by atoms with Crippen molar-refractivity contribution in [2.24, 2.45) is 0 Å². The third-order valence-electron chi connectivity index (χ3n) is 2.71. The van der Waals surface area contributed by atoms with Crippen LogP contribution in [-0.4, -0.2) is 34.4 Å². The van der Waals surface area contributed by atoms with E-state index in [9.17, 15) is 0 Å². The summed E-state index contributed by atoms with van der Waals surface area (Å²) in [5, 5.41) is 3.52. The third-order valence-corrected chi connectivity index (χ3v) is 3.20. The molecule has 1 N–H and O–H groups in total. The number of thiol groups is 1. The zero-order valence-electron chi connectivity index (χ0n) is 8.29. The standard InChI is InChI=1S/C9H18N2S2/c1-3-7-6-11(9(12)13)8(4-2)5-10-7/h7-8,10H,3-6H2,1-2H3,(H,12,13)/t7-,8-/m1/s1. The molecule has 0 aromatic carbocycles. The summed E-state index contributed by atoms with van der Waals surface area (Å²) in [5.74, 6) is 0. The molecule has 1 saturated heterocycles. The average Bonchev–Trinajstić information content (AvgIpc) is 2.16. The second kappa shape index (κ2) is 5.17. The Kier molecular flexibility index (Phi) is 4.49. The molecule has 1 heterocycles. The van der Waals surface area contributed by atoms with Crippen molar-refractivity contribution in [2.45, 2.75) is 38.8 Å². The number of rotatable bonds is 2. The van der Waals surface area contributed by atoms with Crippen molar-refractivity contribution in [1.82, 2.24) is 10.2 Å². The summed E-state index contributed by atoms with van der Waals surface area (Å²) in [5.41, 5.74) is 0. The Morgan fingerprint density at radius 1 is 1.54 bits per heavy atom. The minimum Gasteiger partial charge on any atom is -0.352 e. The Morgan fingerprint density at radius 2 is 2.23 bits per heavy atom. The van der Waals surface area contributed by atoms with Gasteiger partial charge in [-0.3, -0.25) is 0 Å². The lowest BCUT2D eigenvalue weighted by Crippen LogP contribution is -2.56. The summed E-state index contributed by atoms with van der Waals surface area (Å²) in [7, 11) is 0. The van der Waals surface area contributed by atoms with Gasteiger partial charge in [0.15, 0.2) is 0 Å². The first kappa shape index (κ1) is 11.3. The van der Waals surface area contributed by atoms with Crippen LogP contribution < -0.4 is 5.32 Å². The van der Waals surface area contributed by atoms with Crippen LogP contribution in [0.15, 0.2) is 0 Å². The molecule has 0 saturated carbocycles. The Bertz CT molecular complexity index is 184. The number of nitrogens with zero attached hydrogens (tertiary/aromatic N) is 1. The van der Waals surface area contributed by atoms with Crippen molar-refractivity contribution >= 4 is 29.2 Å². The van der Waals surface area contributed by atoms with Crippen LogP contribution in [0.25, 0.3) is 0 Å². The highest BCUT2D eigenvalue weighted by molar-refractivity contribution is 8.10. The summed E-state index contributed by atoms with van der Waals surface area (Å²) in [6.07, 6.45) is 2.29. The van der Waals surface area contributed by atoms with Crippen LogP contribution in [0.2, 0.25) is 0 Å². The van der Waals surface area contributed by atoms with E-state index in [0.717, 1.165) is 30.3 Å². The normalized spacial score (nSPS) is 29.0. The predicted octanol–water partition coefficient (Wildman–Crippen LogP) is 1.66. The van der Waals surface area contributed by atoms with Crippen LogP contribution in [0, 0.1) is 0 Å². The number of hydrogen-bond acceptors (Lipinski definition) is 2. The Hall–Kier alpha value is 0.200. The molecule has 0 spiro atoms. The van der Waals surface area contributed by atoms with E-state index in [-0.39, 0.29) is 0 Å². The van der Waals surface area contributed by atoms with Crippen LogP contribution >= 0.6 is 24.8 Å². The predicted molar refractivity (Wildman–Crippen MR) is 64.5 cm³/mol. The second-order valence-electron chi connectivity index (χ2n) is 3.51. The smallest absolute Gasteiger partial charge is 0.133 e. The quantitative estimate of drug-likeness (QED) is 0.542. The SMILES string of the molecule is CC[C@@H]1CN(C(=S)S)[C@H](CC)CN1. The van der Waals surface area contributed by atoms with Crippen LogP contribution in [-0.2, 0) is 0 Å². The lowest BCUT2D eigenvalue weighted by Gasteiger charge is -2.40. The zero-order valence-corrected chi connectivity index (χ0v) is 10.00. The van der Waals surface area contributed by atoms with Gasteiger partial charge in [0.1, 0.15) is 4.32 Å². The highest BCUT2D eigenvalue weighted by Gasteiger charge is 2.25. The first-order chi connectivity index (χ1) is 6.19. The Balaban J connectivity index is 2.57. The van der Waals surface area contributed by atoms with Crippen molar-refractivity contribution in [2.75, 3.05) is 13.1 Å². The number of piperazine rings is 1. The number of hydrogen-bond donors (Lipinski definition) is 2. The van der Waals surface area contributed by atoms with Gasteiger partial charge < -0.3 is 10.2 Å². The minimum absolute atomic E-state index is 0.535. The van der Waals surface area contributed by atoms with Crippen molar-refractivity contribution < 1.29 is 0 Å². The molecule has 0 bridgehead atoms. The lowest BCUT2D eigenvalue weighted by molar-refractivity contribution is 0.212. The monoisotopic (exact) mass is 218 g/mol. The maximum absolute atomic E-state index is 5.12. The summed E-state index contributed by atoms with van der Waals surface area (Å²) in [6, 6.07) is 1.11. The van der Waals surface area contributed by atoms with Gasteiger partial charge in [-0.25, -0.2) is 0 Å². The van der Waals surface area contributed by atoms with E-state index in [1.165, 1.54) is 0 Å². The van der Waals surface area contributed by atoms with Crippen LogP contribution in [0.1, 0.15) is 26.7 Å². The van der Waals surface area contributed by atoms with E-state index < -0.39 is 0 Å². The van der Waals surface area contributed by atoms with E-state index in [1.54, 1.807) is 0 Å². The molecule has 1 fully saturated rings. The van der Waals surface area contributed by atoms with Crippen molar-refractivity contribution in [1.29, 1.82) is 0 Å². The first-order valence-electron chi connectivity index (χ1n) is 4.92. The fraction of sp³-hybridized carbons (Fsp3) is 0.889. The van der Waals surface area contributed by atoms with Gasteiger partial charge in [-0.2, -0.15) is 0 Å². The lowest BCUT2D eigenvalue weighted by atomic mass is 10.1. The van der Waals surface area contributed by atoms with Crippen LogP contribution in [0.3, 0.4) is 0 Å². The maximum Gasteiger partial charge on any atom is 0.133 e. The molecule has 0 unspecified atom stereocenters. The van der Waals surface area contributed by atoms with E-state index in [1.807, 2.05) is 0 Å². The molecule has 76 valence electrons. The highest BCUT2D eigenvalue weighted by Crippen LogP contribution is 2.14. The molecule has 0 amide bonds. The van der Waals surface area contributed by atoms with Gasteiger partial charge >= 0.3 is 0 Å². The molecule has 4 heteroatoms. The molecular formula is C9H18N2S2. The maximum atomic E-state index is 5.12. The summed E-state index contributed by atoms with van der Waals surface area (Å²) in [6.45, 7) is 6.44. The van der Waals surface area contributed by atoms with Gasteiger partial charge in [-0.1, -0.05) is 26.1 Å². The van der Waals surface area contributed by atoms with Crippen molar-refractivity contribution in [3.63, 3.8) is 0 Å². The van der Waals surface area contributed by atoms with Crippen molar-refractivity contribution in [3.05, 3.63) is 0 Å². The molecule has 0 aliphatic carbocycles. The summed E-state index contributed by atoms with van der Waals surface area (Å²) >= 11 is 9.39. The molecule has 0 aromatic heterocycles. The van der Waals surface area contributed by atoms with Gasteiger partial charge in [0.05, 0.1) is 0 Å². The minimum atomic E-state index is 0.535.